The molecule has 2 aromatic heterocycles. The highest BCUT2D eigenvalue weighted by molar-refractivity contribution is 7.12. The van der Waals surface area contributed by atoms with Crippen LogP contribution in [0.15, 0.2) is 39.5 Å². The first-order valence-electron chi connectivity index (χ1n) is 6.60. The summed E-state index contributed by atoms with van der Waals surface area (Å²) in [4.78, 5) is 16.4. The zero-order valence-corrected chi connectivity index (χ0v) is 12.2. The smallest absolute Gasteiger partial charge is 0.408 e. The topological polar surface area (TPSA) is 58.0 Å². The Morgan fingerprint density at radius 1 is 1.35 bits per heavy atom. The number of H-pyrrole nitrogens is 1. The third kappa shape index (κ3) is 2.42. The summed E-state index contributed by atoms with van der Waals surface area (Å²) in [7, 11) is 0. The van der Waals surface area contributed by atoms with E-state index in [0.717, 1.165) is 17.6 Å². The lowest BCUT2D eigenvalue weighted by Gasteiger charge is -2.16. The average molecular weight is 288 g/mol. The van der Waals surface area contributed by atoms with E-state index in [0.29, 0.717) is 5.58 Å². The van der Waals surface area contributed by atoms with Crippen LogP contribution >= 0.6 is 11.3 Å². The Morgan fingerprint density at radius 3 is 2.90 bits per heavy atom. The molecule has 3 aromatic rings. The zero-order valence-electron chi connectivity index (χ0n) is 11.4. The summed E-state index contributed by atoms with van der Waals surface area (Å²) in [6.45, 7) is 5.06. The summed E-state index contributed by atoms with van der Waals surface area (Å²) < 4.78 is 5.14. The maximum absolute atomic E-state index is 11.2. The van der Waals surface area contributed by atoms with Crippen molar-refractivity contribution in [2.24, 2.45) is 0 Å². The second kappa shape index (κ2) is 5.26. The molecule has 3 rings (SSSR count). The van der Waals surface area contributed by atoms with Crippen LogP contribution in [0.1, 0.15) is 28.3 Å². The number of aryl methyl sites for hydroxylation is 1. The summed E-state index contributed by atoms with van der Waals surface area (Å²) in [5, 5.41) is 3.48. The van der Waals surface area contributed by atoms with E-state index in [9.17, 15) is 4.79 Å². The van der Waals surface area contributed by atoms with Crippen LogP contribution in [0.4, 0.5) is 0 Å². The molecule has 0 saturated carbocycles. The number of rotatable bonds is 4. The van der Waals surface area contributed by atoms with Gasteiger partial charge in [0, 0.05) is 9.75 Å². The van der Waals surface area contributed by atoms with Gasteiger partial charge in [0.25, 0.3) is 0 Å². The van der Waals surface area contributed by atoms with Crippen LogP contribution in [-0.4, -0.2) is 11.5 Å². The Balaban J connectivity index is 2.06. The van der Waals surface area contributed by atoms with Gasteiger partial charge in [-0.1, -0.05) is 13.0 Å². The van der Waals surface area contributed by atoms with Gasteiger partial charge >= 0.3 is 5.76 Å². The molecule has 0 amide bonds. The minimum Gasteiger partial charge on any atom is -0.408 e. The molecule has 0 bridgehead atoms. The molecule has 0 aliphatic rings. The van der Waals surface area contributed by atoms with E-state index in [2.05, 4.69) is 36.3 Å². The van der Waals surface area contributed by atoms with E-state index < -0.39 is 5.76 Å². The number of oxazole rings is 1. The van der Waals surface area contributed by atoms with Gasteiger partial charge in [-0.15, -0.1) is 11.3 Å². The van der Waals surface area contributed by atoms with E-state index >= 15 is 0 Å². The standard InChI is InChI=1S/C15H16N2O2S/c1-3-16-14(13-7-4-9(2)20-13)10-5-6-11-12(8-10)19-15(18)17-11/h4-8,14,16H,3H2,1-2H3,(H,17,18). The quantitative estimate of drug-likeness (QED) is 0.775. The molecule has 104 valence electrons. The van der Waals surface area contributed by atoms with E-state index in [1.165, 1.54) is 9.75 Å². The summed E-state index contributed by atoms with van der Waals surface area (Å²) >= 11 is 1.78. The number of aromatic nitrogens is 1. The molecule has 5 heteroatoms. The summed E-state index contributed by atoms with van der Waals surface area (Å²) in [6, 6.07) is 10.2. The van der Waals surface area contributed by atoms with E-state index in [4.69, 9.17) is 4.42 Å². The van der Waals surface area contributed by atoms with Crippen LogP contribution in [0, 0.1) is 6.92 Å². The minimum atomic E-state index is -0.413. The van der Waals surface area contributed by atoms with Crippen molar-refractivity contribution in [1.29, 1.82) is 0 Å². The van der Waals surface area contributed by atoms with Gasteiger partial charge in [-0.3, -0.25) is 4.98 Å². The minimum absolute atomic E-state index is 0.128. The molecule has 0 fully saturated rings. The molecule has 4 nitrogen and oxygen atoms in total. The highest BCUT2D eigenvalue weighted by Crippen LogP contribution is 2.29. The molecule has 0 aliphatic carbocycles. The predicted molar refractivity (Wildman–Crippen MR) is 81.4 cm³/mol. The van der Waals surface area contributed by atoms with Gasteiger partial charge in [0.15, 0.2) is 5.58 Å². The number of thiophene rings is 1. The fourth-order valence-electron chi connectivity index (χ4n) is 2.34. The van der Waals surface area contributed by atoms with Crippen LogP contribution in [0.3, 0.4) is 0 Å². The zero-order chi connectivity index (χ0) is 14.1. The molecule has 20 heavy (non-hydrogen) atoms. The van der Waals surface area contributed by atoms with Crippen molar-refractivity contribution in [2.45, 2.75) is 19.9 Å². The van der Waals surface area contributed by atoms with E-state index in [1.54, 1.807) is 11.3 Å². The Hall–Kier alpha value is -1.85. The fourth-order valence-corrected chi connectivity index (χ4v) is 3.32. The Morgan fingerprint density at radius 2 is 2.20 bits per heavy atom. The third-order valence-corrected chi connectivity index (χ3v) is 4.30. The largest absolute Gasteiger partial charge is 0.417 e. The third-order valence-electron chi connectivity index (χ3n) is 3.23. The SMILES string of the molecule is CCNC(c1ccc2[nH]c(=O)oc2c1)c1ccc(C)s1. The lowest BCUT2D eigenvalue weighted by atomic mass is 10.0. The lowest BCUT2D eigenvalue weighted by molar-refractivity contribution is 0.554. The molecule has 1 unspecified atom stereocenters. The number of aromatic amines is 1. The molecular weight excluding hydrogens is 272 g/mol. The Kier molecular flexibility index (Phi) is 3.46. The number of hydrogen-bond acceptors (Lipinski definition) is 4. The van der Waals surface area contributed by atoms with Crippen LogP contribution in [-0.2, 0) is 0 Å². The summed E-state index contributed by atoms with van der Waals surface area (Å²) in [5.74, 6) is -0.413. The number of nitrogens with one attached hydrogen (secondary N) is 2. The highest BCUT2D eigenvalue weighted by Gasteiger charge is 2.16. The number of benzene rings is 1. The van der Waals surface area contributed by atoms with Crippen molar-refractivity contribution in [3.8, 4) is 0 Å². The molecule has 0 spiro atoms. The normalized spacial score (nSPS) is 12.9. The van der Waals surface area contributed by atoms with Crippen molar-refractivity contribution in [3.63, 3.8) is 0 Å². The fraction of sp³-hybridized carbons (Fsp3) is 0.267. The maximum Gasteiger partial charge on any atom is 0.417 e. The first-order valence-corrected chi connectivity index (χ1v) is 7.41. The van der Waals surface area contributed by atoms with E-state index in [1.807, 2.05) is 18.2 Å². The second-order valence-corrected chi connectivity index (χ2v) is 6.03. The van der Waals surface area contributed by atoms with Gasteiger partial charge in [-0.2, -0.15) is 0 Å². The molecular formula is C15H16N2O2S. The molecule has 1 atom stereocenters. The van der Waals surface area contributed by atoms with E-state index in [-0.39, 0.29) is 6.04 Å². The summed E-state index contributed by atoms with van der Waals surface area (Å²) in [6.07, 6.45) is 0. The van der Waals surface area contributed by atoms with Crippen LogP contribution in [0.2, 0.25) is 0 Å². The molecule has 0 aliphatic heterocycles. The van der Waals surface area contributed by atoms with Crippen molar-refractivity contribution >= 4 is 22.4 Å². The Labute approximate surface area is 120 Å². The molecule has 0 saturated heterocycles. The average Bonchev–Trinajstić information content (AvgIpc) is 3.00. The van der Waals surface area contributed by atoms with Crippen molar-refractivity contribution in [3.05, 3.63) is 56.2 Å². The van der Waals surface area contributed by atoms with Crippen molar-refractivity contribution in [2.75, 3.05) is 6.54 Å². The van der Waals surface area contributed by atoms with Gasteiger partial charge in [0.1, 0.15) is 0 Å². The molecule has 0 radical (unpaired) electrons. The van der Waals surface area contributed by atoms with Crippen molar-refractivity contribution in [1.82, 2.24) is 10.3 Å². The van der Waals surface area contributed by atoms with Gasteiger partial charge in [0.05, 0.1) is 11.6 Å². The van der Waals surface area contributed by atoms with Gasteiger partial charge in [-0.25, -0.2) is 4.79 Å². The summed E-state index contributed by atoms with van der Waals surface area (Å²) in [5.41, 5.74) is 2.43. The number of fused-ring (bicyclic) bond motifs is 1. The lowest BCUT2D eigenvalue weighted by Crippen LogP contribution is -2.20. The van der Waals surface area contributed by atoms with Crippen LogP contribution < -0.4 is 11.1 Å². The first kappa shape index (κ1) is 13.1. The maximum atomic E-state index is 11.2. The van der Waals surface area contributed by atoms with Crippen LogP contribution in [0.25, 0.3) is 11.1 Å². The van der Waals surface area contributed by atoms with Gasteiger partial charge in [-0.05, 0) is 43.3 Å². The second-order valence-electron chi connectivity index (χ2n) is 4.71. The molecule has 2 heterocycles. The van der Waals surface area contributed by atoms with Gasteiger partial charge < -0.3 is 9.73 Å². The predicted octanol–water partition coefficient (Wildman–Crippen LogP) is 3.19. The highest BCUT2D eigenvalue weighted by atomic mass is 32.1. The van der Waals surface area contributed by atoms with Crippen LogP contribution in [0.5, 0.6) is 0 Å². The van der Waals surface area contributed by atoms with Crippen molar-refractivity contribution < 1.29 is 4.42 Å². The Bertz CT molecular complexity index is 784. The molecule has 1 aromatic carbocycles. The molecule has 2 N–H and O–H groups in total. The monoisotopic (exact) mass is 288 g/mol. The van der Waals surface area contributed by atoms with Gasteiger partial charge in [0.2, 0.25) is 0 Å². The number of hydrogen-bond donors (Lipinski definition) is 2. The first-order chi connectivity index (χ1) is 9.67.